The number of aromatic nitrogens is 2. The van der Waals surface area contributed by atoms with Crippen LogP contribution >= 0.6 is 0 Å². The van der Waals surface area contributed by atoms with E-state index in [1.807, 2.05) is 31.3 Å². The van der Waals surface area contributed by atoms with Gasteiger partial charge in [0.2, 0.25) is 0 Å². The maximum Gasteiger partial charge on any atom is 0.166 e. The van der Waals surface area contributed by atoms with E-state index in [1.165, 1.54) is 0 Å². The van der Waals surface area contributed by atoms with Gasteiger partial charge in [-0.05, 0) is 12.1 Å². The Balaban J connectivity index is 1.82. The van der Waals surface area contributed by atoms with Crippen LogP contribution < -0.4 is 9.47 Å². The minimum Gasteiger partial charge on any atom is -0.486 e. The summed E-state index contributed by atoms with van der Waals surface area (Å²) in [5.41, 5.74) is 0. The summed E-state index contributed by atoms with van der Waals surface area (Å²) in [7, 11) is 1.84. The van der Waals surface area contributed by atoms with Gasteiger partial charge in [0, 0.05) is 19.4 Å². The standard InChI is InChI=1S/C13H14N2O3/c1-15-7-6-14-13(15)12(16)11-8-17-9-4-2-3-5-10(9)18-11/h2-7,11-12,16H,8H2,1H3. The van der Waals surface area contributed by atoms with Gasteiger partial charge in [-0.15, -0.1) is 0 Å². The highest BCUT2D eigenvalue weighted by molar-refractivity contribution is 5.40. The maximum atomic E-state index is 10.3. The highest BCUT2D eigenvalue weighted by atomic mass is 16.6. The molecule has 0 aliphatic carbocycles. The van der Waals surface area contributed by atoms with Gasteiger partial charge in [0.1, 0.15) is 12.4 Å². The molecule has 1 aromatic heterocycles. The summed E-state index contributed by atoms with van der Waals surface area (Å²) < 4.78 is 13.1. The molecule has 18 heavy (non-hydrogen) atoms. The van der Waals surface area contributed by atoms with E-state index < -0.39 is 12.2 Å². The van der Waals surface area contributed by atoms with Gasteiger partial charge in [0.25, 0.3) is 0 Å². The van der Waals surface area contributed by atoms with Crippen LogP contribution in [0.3, 0.4) is 0 Å². The molecule has 0 radical (unpaired) electrons. The Morgan fingerprint density at radius 1 is 1.39 bits per heavy atom. The monoisotopic (exact) mass is 246 g/mol. The molecule has 3 rings (SSSR count). The van der Waals surface area contributed by atoms with Crippen molar-refractivity contribution in [2.45, 2.75) is 12.2 Å². The SMILES string of the molecule is Cn1ccnc1C(O)C1COc2ccccc2O1. The predicted molar refractivity (Wildman–Crippen MR) is 64.5 cm³/mol. The minimum absolute atomic E-state index is 0.311. The molecular weight excluding hydrogens is 232 g/mol. The van der Waals surface area contributed by atoms with E-state index >= 15 is 0 Å². The van der Waals surface area contributed by atoms with Crippen LogP contribution in [0.5, 0.6) is 11.5 Å². The van der Waals surface area contributed by atoms with Gasteiger partial charge < -0.3 is 19.1 Å². The first-order valence-corrected chi connectivity index (χ1v) is 5.79. The van der Waals surface area contributed by atoms with Crippen LogP contribution in [0.25, 0.3) is 0 Å². The molecular formula is C13H14N2O3. The zero-order chi connectivity index (χ0) is 12.5. The van der Waals surface area contributed by atoms with Crippen LogP contribution in [0.2, 0.25) is 0 Å². The summed E-state index contributed by atoms with van der Waals surface area (Å²) in [4.78, 5) is 4.12. The molecule has 1 aromatic carbocycles. The summed E-state index contributed by atoms with van der Waals surface area (Å²) in [6, 6.07) is 7.43. The number of hydrogen-bond acceptors (Lipinski definition) is 4. The Kier molecular flexibility index (Phi) is 2.68. The Morgan fingerprint density at radius 2 is 2.17 bits per heavy atom. The molecule has 0 saturated heterocycles. The number of nitrogens with zero attached hydrogens (tertiary/aromatic N) is 2. The van der Waals surface area contributed by atoms with Crippen molar-refractivity contribution in [3.63, 3.8) is 0 Å². The molecule has 5 heteroatoms. The maximum absolute atomic E-state index is 10.3. The molecule has 2 unspecified atom stereocenters. The number of para-hydroxylation sites is 2. The fourth-order valence-corrected chi connectivity index (χ4v) is 2.02. The highest BCUT2D eigenvalue weighted by Gasteiger charge is 2.30. The Bertz CT molecular complexity index is 553. The number of rotatable bonds is 2. The number of aliphatic hydroxyl groups excluding tert-OH is 1. The Morgan fingerprint density at radius 3 is 2.89 bits per heavy atom. The van der Waals surface area contributed by atoms with Crippen molar-refractivity contribution < 1.29 is 14.6 Å². The number of hydrogen-bond donors (Lipinski definition) is 1. The van der Waals surface area contributed by atoms with Crippen LogP contribution in [-0.2, 0) is 7.05 Å². The largest absolute Gasteiger partial charge is 0.486 e. The first-order chi connectivity index (χ1) is 8.75. The summed E-state index contributed by atoms with van der Waals surface area (Å²) in [6.45, 7) is 0.311. The summed E-state index contributed by atoms with van der Waals surface area (Å²) in [5, 5.41) is 10.3. The van der Waals surface area contributed by atoms with Gasteiger partial charge in [-0.1, -0.05) is 12.1 Å². The van der Waals surface area contributed by atoms with Gasteiger partial charge in [0.05, 0.1) is 0 Å². The van der Waals surface area contributed by atoms with Crippen LogP contribution in [0, 0.1) is 0 Å². The molecule has 0 amide bonds. The molecule has 94 valence electrons. The molecule has 0 saturated carbocycles. The van der Waals surface area contributed by atoms with E-state index in [0.29, 0.717) is 23.9 Å². The molecule has 1 aliphatic heterocycles. The second-order valence-corrected chi connectivity index (χ2v) is 4.26. The van der Waals surface area contributed by atoms with Crippen molar-refractivity contribution in [1.29, 1.82) is 0 Å². The van der Waals surface area contributed by atoms with Crippen molar-refractivity contribution in [2.75, 3.05) is 6.61 Å². The van der Waals surface area contributed by atoms with E-state index in [9.17, 15) is 5.11 Å². The van der Waals surface area contributed by atoms with Crippen molar-refractivity contribution in [1.82, 2.24) is 9.55 Å². The zero-order valence-electron chi connectivity index (χ0n) is 9.98. The lowest BCUT2D eigenvalue weighted by molar-refractivity contribution is -0.0165. The number of aryl methyl sites for hydroxylation is 1. The third kappa shape index (κ3) is 1.82. The van der Waals surface area contributed by atoms with Gasteiger partial charge in [0.15, 0.2) is 23.7 Å². The van der Waals surface area contributed by atoms with E-state index in [4.69, 9.17) is 9.47 Å². The van der Waals surface area contributed by atoms with E-state index in [-0.39, 0.29) is 0 Å². The molecule has 0 bridgehead atoms. The summed E-state index contributed by atoms with van der Waals surface area (Å²) in [6.07, 6.45) is 2.19. The first kappa shape index (κ1) is 11.1. The lowest BCUT2D eigenvalue weighted by Crippen LogP contribution is -2.35. The van der Waals surface area contributed by atoms with E-state index in [1.54, 1.807) is 17.0 Å². The van der Waals surface area contributed by atoms with Gasteiger partial charge in [-0.3, -0.25) is 0 Å². The highest BCUT2D eigenvalue weighted by Crippen LogP contribution is 2.33. The normalized spacial score (nSPS) is 19.6. The number of imidazole rings is 1. The lowest BCUT2D eigenvalue weighted by Gasteiger charge is -2.29. The average molecular weight is 246 g/mol. The van der Waals surface area contributed by atoms with Gasteiger partial charge in [-0.25, -0.2) is 4.98 Å². The molecule has 2 atom stereocenters. The molecule has 5 nitrogen and oxygen atoms in total. The number of aliphatic hydroxyl groups is 1. The van der Waals surface area contributed by atoms with Crippen molar-refractivity contribution in [3.8, 4) is 11.5 Å². The topological polar surface area (TPSA) is 56.5 Å². The lowest BCUT2D eigenvalue weighted by atomic mass is 10.1. The van der Waals surface area contributed by atoms with Crippen molar-refractivity contribution in [3.05, 3.63) is 42.5 Å². The van der Waals surface area contributed by atoms with Crippen LogP contribution in [0.15, 0.2) is 36.7 Å². The molecule has 0 spiro atoms. The van der Waals surface area contributed by atoms with Gasteiger partial charge in [-0.2, -0.15) is 0 Å². The summed E-state index contributed by atoms with van der Waals surface area (Å²) >= 11 is 0. The number of ether oxygens (including phenoxy) is 2. The zero-order valence-corrected chi connectivity index (χ0v) is 9.98. The quantitative estimate of drug-likeness (QED) is 0.867. The third-order valence-electron chi connectivity index (χ3n) is 3.01. The molecule has 2 aromatic rings. The first-order valence-electron chi connectivity index (χ1n) is 5.79. The van der Waals surface area contributed by atoms with Crippen LogP contribution in [0.4, 0.5) is 0 Å². The second kappa shape index (κ2) is 4.34. The molecule has 0 fully saturated rings. The van der Waals surface area contributed by atoms with E-state index in [2.05, 4.69) is 4.98 Å². The fraction of sp³-hybridized carbons (Fsp3) is 0.308. The molecule has 1 N–H and O–H groups in total. The third-order valence-corrected chi connectivity index (χ3v) is 3.01. The average Bonchev–Trinajstić information content (AvgIpc) is 2.83. The van der Waals surface area contributed by atoms with Gasteiger partial charge >= 0.3 is 0 Å². The van der Waals surface area contributed by atoms with Crippen LogP contribution in [0.1, 0.15) is 11.9 Å². The minimum atomic E-state index is -0.807. The number of benzene rings is 1. The number of fused-ring (bicyclic) bond motifs is 1. The molecule has 1 aliphatic rings. The van der Waals surface area contributed by atoms with Crippen molar-refractivity contribution in [2.24, 2.45) is 7.05 Å². The fourth-order valence-electron chi connectivity index (χ4n) is 2.02. The van der Waals surface area contributed by atoms with Crippen molar-refractivity contribution >= 4 is 0 Å². The predicted octanol–water partition coefficient (Wildman–Crippen LogP) is 1.29. The summed E-state index contributed by atoms with van der Waals surface area (Å²) in [5.74, 6) is 1.94. The van der Waals surface area contributed by atoms with E-state index in [0.717, 1.165) is 0 Å². The Hall–Kier alpha value is -2.01. The Labute approximate surface area is 105 Å². The second-order valence-electron chi connectivity index (χ2n) is 4.26. The smallest absolute Gasteiger partial charge is 0.166 e. The molecule has 2 heterocycles. The van der Waals surface area contributed by atoms with Crippen LogP contribution in [-0.4, -0.2) is 27.4 Å².